The summed E-state index contributed by atoms with van der Waals surface area (Å²) in [7, 11) is 2.01. The number of aromatic hydroxyl groups is 1. The summed E-state index contributed by atoms with van der Waals surface area (Å²) < 4.78 is 2.09. The lowest BCUT2D eigenvalue weighted by molar-refractivity contribution is -0.651. The normalized spacial score (nSPS) is 10.8. The van der Waals surface area contributed by atoms with Gasteiger partial charge in [-0.05, 0) is 18.6 Å². The van der Waals surface area contributed by atoms with E-state index in [1.165, 1.54) is 5.69 Å². The topological polar surface area (TPSA) is 24.1 Å². The van der Waals surface area contributed by atoms with Crippen molar-refractivity contribution in [3.8, 4) is 5.75 Å². The minimum absolute atomic E-state index is 0.357. The highest BCUT2D eigenvalue weighted by molar-refractivity contribution is 5.85. The fourth-order valence-electron chi connectivity index (χ4n) is 1.88. The summed E-state index contributed by atoms with van der Waals surface area (Å²) in [5.74, 6) is 0.357. The molecule has 2 rings (SSSR count). The molecule has 0 fully saturated rings. The van der Waals surface area contributed by atoms with E-state index in [2.05, 4.69) is 17.6 Å². The van der Waals surface area contributed by atoms with Crippen LogP contribution in [0.2, 0.25) is 0 Å². The molecule has 1 N–H and O–H groups in total. The summed E-state index contributed by atoms with van der Waals surface area (Å²) in [5, 5.41) is 10.7. The molecule has 1 aromatic carbocycles. The lowest BCUT2D eigenvalue weighted by Gasteiger charge is -2.04. The SMILES string of the molecule is Cc1cc(C)[n+](C)c2cccc(O)c12. The van der Waals surface area contributed by atoms with Crippen LogP contribution < -0.4 is 4.57 Å². The first-order chi connectivity index (χ1) is 6.61. The van der Waals surface area contributed by atoms with Crippen LogP contribution in [-0.2, 0) is 7.05 Å². The molecule has 2 heteroatoms. The second kappa shape index (κ2) is 2.98. The number of hydrogen-bond acceptors (Lipinski definition) is 1. The quantitative estimate of drug-likeness (QED) is 0.628. The maximum Gasteiger partial charge on any atom is 0.216 e. The van der Waals surface area contributed by atoms with Gasteiger partial charge in [0.25, 0.3) is 0 Å². The van der Waals surface area contributed by atoms with Crippen LogP contribution in [0.1, 0.15) is 11.3 Å². The molecule has 0 amide bonds. The Morgan fingerprint density at radius 1 is 1.21 bits per heavy atom. The van der Waals surface area contributed by atoms with Gasteiger partial charge in [0, 0.05) is 19.1 Å². The second-order valence-corrected chi connectivity index (χ2v) is 3.70. The first-order valence-electron chi connectivity index (χ1n) is 4.69. The number of pyridine rings is 1. The maximum atomic E-state index is 9.75. The summed E-state index contributed by atoms with van der Waals surface area (Å²) in [6, 6.07) is 7.71. The number of rotatable bonds is 0. The van der Waals surface area contributed by atoms with Gasteiger partial charge in [-0.25, -0.2) is 0 Å². The van der Waals surface area contributed by atoms with Crippen LogP contribution in [0.15, 0.2) is 24.3 Å². The largest absolute Gasteiger partial charge is 0.507 e. The van der Waals surface area contributed by atoms with E-state index in [1.807, 2.05) is 26.1 Å². The van der Waals surface area contributed by atoms with Crippen molar-refractivity contribution in [2.75, 3.05) is 0 Å². The van der Waals surface area contributed by atoms with E-state index >= 15 is 0 Å². The Kier molecular flexibility index (Phi) is 1.92. The molecule has 72 valence electrons. The predicted octanol–water partition coefficient (Wildman–Crippen LogP) is 1.99. The molecule has 0 aliphatic heterocycles. The number of nitrogens with zero attached hydrogens (tertiary/aromatic N) is 1. The van der Waals surface area contributed by atoms with E-state index < -0.39 is 0 Å². The van der Waals surface area contributed by atoms with Crippen LogP contribution in [0.3, 0.4) is 0 Å². The van der Waals surface area contributed by atoms with E-state index in [-0.39, 0.29) is 0 Å². The van der Waals surface area contributed by atoms with Crippen molar-refractivity contribution in [3.05, 3.63) is 35.5 Å². The summed E-state index contributed by atoms with van der Waals surface area (Å²) in [4.78, 5) is 0. The first-order valence-corrected chi connectivity index (χ1v) is 4.69. The Labute approximate surface area is 83.4 Å². The number of phenolic OH excluding ortho intramolecular Hbond substituents is 1. The third kappa shape index (κ3) is 1.15. The molecule has 2 nitrogen and oxygen atoms in total. The van der Waals surface area contributed by atoms with Crippen LogP contribution in [-0.4, -0.2) is 5.11 Å². The highest BCUT2D eigenvalue weighted by Crippen LogP contribution is 2.25. The minimum Gasteiger partial charge on any atom is -0.507 e. The van der Waals surface area contributed by atoms with Gasteiger partial charge in [-0.15, -0.1) is 0 Å². The standard InChI is InChI=1S/C12H13NO/c1-8-7-9(2)13(3)10-5-4-6-11(14)12(8)10/h4-7H,1-3H3/p+1. The van der Waals surface area contributed by atoms with Gasteiger partial charge in [-0.2, -0.15) is 4.57 Å². The molecule has 1 heterocycles. The Morgan fingerprint density at radius 3 is 2.64 bits per heavy atom. The average molecular weight is 188 g/mol. The van der Waals surface area contributed by atoms with E-state index in [0.29, 0.717) is 5.75 Å². The number of hydrogen-bond donors (Lipinski definition) is 1. The van der Waals surface area contributed by atoms with Gasteiger partial charge in [0.15, 0.2) is 5.69 Å². The molecular formula is C12H14NO+. The van der Waals surface area contributed by atoms with Gasteiger partial charge in [0.1, 0.15) is 12.8 Å². The summed E-state index contributed by atoms with van der Waals surface area (Å²) in [6.07, 6.45) is 0. The van der Waals surface area contributed by atoms with Crippen molar-refractivity contribution < 1.29 is 9.67 Å². The van der Waals surface area contributed by atoms with E-state index in [4.69, 9.17) is 0 Å². The number of benzene rings is 1. The Bertz CT molecular complexity index is 503. The summed E-state index contributed by atoms with van der Waals surface area (Å²) in [6.45, 7) is 4.09. The molecule has 1 aromatic heterocycles. The van der Waals surface area contributed by atoms with Gasteiger partial charge in [-0.1, -0.05) is 6.07 Å². The van der Waals surface area contributed by atoms with Crippen LogP contribution in [0.25, 0.3) is 10.9 Å². The zero-order chi connectivity index (χ0) is 10.3. The lowest BCUT2D eigenvalue weighted by Crippen LogP contribution is -2.32. The second-order valence-electron chi connectivity index (χ2n) is 3.70. The molecule has 14 heavy (non-hydrogen) atoms. The van der Waals surface area contributed by atoms with E-state index in [0.717, 1.165) is 16.5 Å². The predicted molar refractivity (Wildman–Crippen MR) is 56.3 cm³/mol. The monoisotopic (exact) mass is 188 g/mol. The zero-order valence-corrected chi connectivity index (χ0v) is 8.70. The minimum atomic E-state index is 0.357. The van der Waals surface area contributed by atoms with Gasteiger partial charge in [0.05, 0.1) is 5.39 Å². The van der Waals surface area contributed by atoms with Crippen LogP contribution in [0.4, 0.5) is 0 Å². The zero-order valence-electron chi connectivity index (χ0n) is 8.70. The number of phenols is 1. The number of aryl methyl sites for hydroxylation is 3. The van der Waals surface area contributed by atoms with E-state index in [9.17, 15) is 5.11 Å². The Balaban J connectivity index is 3.02. The molecule has 0 spiro atoms. The molecule has 0 bridgehead atoms. The van der Waals surface area contributed by atoms with Crippen molar-refractivity contribution >= 4 is 10.9 Å². The summed E-state index contributed by atoms with van der Waals surface area (Å²) in [5.41, 5.74) is 3.39. The molecule has 0 unspecified atom stereocenters. The molecule has 0 saturated carbocycles. The van der Waals surface area contributed by atoms with Crippen LogP contribution in [0.5, 0.6) is 5.75 Å². The smallest absolute Gasteiger partial charge is 0.216 e. The molecule has 0 radical (unpaired) electrons. The molecule has 0 saturated heterocycles. The van der Waals surface area contributed by atoms with Crippen molar-refractivity contribution in [1.82, 2.24) is 0 Å². The van der Waals surface area contributed by atoms with Crippen molar-refractivity contribution in [2.24, 2.45) is 7.05 Å². The van der Waals surface area contributed by atoms with Crippen molar-refractivity contribution in [3.63, 3.8) is 0 Å². The van der Waals surface area contributed by atoms with Gasteiger partial charge in [0.2, 0.25) is 5.52 Å². The molecule has 0 atom stereocenters. The van der Waals surface area contributed by atoms with Crippen molar-refractivity contribution in [2.45, 2.75) is 13.8 Å². The third-order valence-electron chi connectivity index (χ3n) is 2.73. The van der Waals surface area contributed by atoms with Gasteiger partial charge >= 0.3 is 0 Å². The molecular weight excluding hydrogens is 174 g/mol. The van der Waals surface area contributed by atoms with Crippen molar-refractivity contribution in [1.29, 1.82) is 0 Å². The lowest BCUT2D eigenvalue weighted by atomic mass is 10.1. The highest BCUT2D eigenvalue weighted by Gasteiger charge is 2.13. The molecule has 0 aliphatic rings. The Morgan fingerprint density at radius 2 is 1.93 bits per heavy atom. The average Bonchev–Trinajstić information content (AvgIpc) is 2.14. The molecule has 0 aliphatic carbocycles. The molecule has 2 aromatic rings. The van der Waals surface area contributed by atoms with Gasteiger partial charge < -0.3 is 5.11 Å². The highest BCUT2D eigenvalue weighted by atomic mass is 16.3. The maximum absolute atomic E-state index is 9.75. The fourth-order valence-corrected chi connectivity index (χ4v) is 1.88. The van der Waals surface area contributed by atoms with E-state index in [1.54, 1.807) is 6.07 Å². The summed E-state index contributed by atoms with van der Waals surface area (Å²) >= 11 is 0. The third-order valence-corrected chi connectivity index (χ3v) is 2.73. The Hall–Kier alpha value is -1.57. The fraction of sp³-hybridized carbons (Fsp3) is 0.250. The number of aromatic nitrogens is 1. The van der Waals surface area contributed by atoms with Crippen LogP contribution >= 0.6 is 0 Å². The van der Waals surface area contributed by atoms with Gasteiger partial charge in [-0.3, -0.25) is 0 Å². The first kappa shape index (κ1) is 9.00. The van der Waals surface area contributed by atoms with Crippen LogP contribution in [0, 0.1) is 13.8 Å². The number of fused-ring (bicyclic) bond motifs is 1.